The summed E-state index contributed by atoms with van der Waals surface area (Å²) in [7, 11) is 0. The first-order valence-electron chi connectivity index (χ1n) is 6.83. The second-order valence-corrected chi connectivity index (χ2v) is 5.19. The Balaban J connectivity index is 1.99. The van der Waals surface area contributed by atoms with Crippen molar-refractivity contribution in [2.45, 2.75) is 20.8 Å². The van der Waals surface area contributed by atoms with Gasteiger partial charge in [-0.25, -0.2) is 4.39 Å². The van der Waals surface area contributed by atoms with Gasteiger partial charge >= 0.3 is 0 Å². The molecule has 0 atom stereocenters. The largest absolute Gasteiger partial charge is 0.376 e. The number of nitrogens with one attached hydrogen (secondary N) is 2. The van der Waals surface area contributed by atoms with Crippen molar-refractivity contribution >= 4 is 17.3 Å². The molecule has 0 spiro atoms. The SMILES string of the molecule is Cc1cc(C)c(NCC(=O)Nc2cccc(F)c2)c(C)c1. The van der Waals surface area contributed by atoms with Crippen molar-refractivity contribution in [2.75, 3.05) is 17.2 Å². The van der Waals surface area contributed by atoms with Crippen LogP contribution in [0.5, 0.6) is 0 Å². The van der Waals surface area contributed by atoms with Gasteiger partial charge in [-0.15, -0.1) is 0 Å². The summed E-state index contributed by atoms with van der Waals surface area (Å²) in [6.07, 6.45) is 0. The van der Waals surface area contributed by atoms with E-state index in [1.54, 1.807) is 12.1 Å². The first-order chi connectivity index (χ1) is 9.95. The van der Waals surface area contributed by atoms with Gasteiger partial charge in [-0.2, -0.15) is 0 Å². The highest BCUT2D eigenvalue weighted by atomic mass is 19.1. The van der Waals surface area contributed by atoms with Crippen LogP contribution in [0.4, 0.5) is 15.8 Å². The van der Waals surface area contributed by atoms with E-state index in [2.05, 4.69) is 22.8 Å². The summed E-state index contributed by atoms with van der Waals surface area (Å²) >= 11 is 0. The summed E-state index contributed by atoms with van der Waals surface area (Å²) in [6, 6.07) is 9.99. The van der Waals surface area contributed by atoms with E-state index in [1.807, 2.05) is 20.8 Å². The predicted molar refractivity (Wildman–Crippen MR) is 84.2 cm³/mol. The molecule has 4 heteroatoms. The number of benzene rings is 2. The summed E-state index contributed by atoms with van der Waals surface area (Å²) in [5.41, 5.74) is 4.83. The fraction of sp³-hybridized carbons (Fsp3) is 0.235. The molecular formula is C17H19FN2O. The van der Waals surface area contributed by atoms with Crippen LogP contribution in [-0.2, 0) is 4.79 Å². The minimum Gasteiger partial charge on any atom is -0.376 e. The highest BCUT2D eigenvalue weighted by Gasteiger charge is 2.07. The summed E-state index contributed by atoms with van der Waals surface area (Å²) in [6.45, 7) is 6.20. The number of aryl methyl sites for hydroxylation is 3. The van der Waals surface area contributed by atoms with Crippen LogP contribution < -0.4 is 10.6 Å². The van der Waals surface area contributed by atoms with E-state index in [9.17, 15) is 9.18 Å². The van der Waals surface area contributed by atoms with Crippen LogP contribution in [0.3, 0.4) is 0 Å². The van der Waals surface area contributed by atoms with Gasteiger partial charge in [0.25, 0.3) is 0 Å². The number of carbonyl (C=O) groups excluding carboxylic acids is 1. The number of halogens is 1. The molecule has 0 saturated heterocycles. The third kappa shape index (κ3) is 4.05. The molecule has 0 radical (unpaired) electrons. The molecule has 0 saturated carbocycles. The number of anilines is 2. The Morgan fingerprint density at radius 2 is 1.76 bits per heavy atom. The minimum absolute atomic E-state index is 0.140. The normalized spacial score (nSPS) is 10.3. The maximum atomic E-state index is 13.0. The maximum absolute atomic E-state index is 13.0. The fourth-order valence-corrected chi connectivity index (χ4v) is 2.40. The van der Waals surface area contributed by atoms with E-state index in [0.29, 0.717) is 5.69 Å². The molecule has 1 amide bonds. The molecule has 0 aromatic heterocycles. The van der Waals surface area contributed by atoms with E-state index >= 15 is 0 Å². The van der Waals surface area contributed by atoms with Gasteiger partial charge < -0.3 is 10.6 Å². The van der Waals surface area contributed by atoms with Crippen LogP contribution in [0.25, 0.3) is 0 Å². The van der Waals surface area contributed by atoms with Crippen molar-refractivity contribution in [3.63, 3.8) is 0 Å². The van der Waals surface area contributed by atoms with Crippen LogP contribution in [-0.4, -0.2) is 12.5 Å². The van der Waals surface area contributed by atoms with Crippen molar-refractivity contribution in [1.82, 2.24) is 0 Å². The smallest absolute Gasteiger partial charge is 0.243 e. The molecule has 0 unspecified atom stereocenters. The van der Waals surface area contributed by atoms with E-state index in [1.165, 1.54) is 17.7 Å². The predicted octanol–water partition coefficient (Wildman–Crippen LogP) is 3.80. The van der Waals surface area contributed by atoms with Crippen LogP contribution >= 0.6 is 0 Å². The lowest BCUT2D eigenvalue weighted by atomic mass is 10.1. The summed E-state index contributed by atoms with van der Waals surface area (Å²) in [5, 5.41) is 5.80. The second kappa shape index (κ2) is 6.39. The molecule has 0 bridgehead atoms. The van der Waals surface area contributed by atoms with Gasteiger partial charge in [0.05, 0.1) is 6.54 Å². The summed E-state index contributed by atoms with van der Waals surface area (Å²) in [5.74, 6) is -0.578. The maximum Gasteiger partial charge on any atom is 0.243 e. The summed E-state index contributed by atoms with van der Waals surface area (Å²) < 4.78 is 13.0. The van der Waals surface area contributed by atoms with Gasteiger partial charge in [0, 0.05) is 11.4 Å². The molecule has 2 N–H and O–H groups in total. The average molecular weight is 286 g/mol. The van der Waals surface area contributed by atoms with E-state index in [0.717, 1.165) is 16.8 Å². The fourth-order valence-electron chi connectivity index (χ4n) is 2.40. The molecule has 0 fully saturated rings. The molecule has 2 aromatic carbocycles. The molecule has 21 heavy (non-hydrogen) atoms. The Morgan fingerprint density at radius 3 is 2.38 bits per heavy atom. The number of hydrogen-bond acceptors (Lipinski definition) is 2. The molecule has 0 aliphatic rings. The Hall–Kier alpha value is -2.36. The average Bonchev–Trinajstić information content (AvgIpc) is 2.37. The minimum atomic E-state index is -0.369. The van der Waals surface area contributed by atoms with Crippen molar-refractivity contribution in [3.8, 4) is 0 Å². The zero-order valence-electron chi connectivity index (χ0n) is 12.5. The van der Waals surface area contributed by atoms with Crippen molar-refractivity contribution < 1.29 is 9.18 Å². The monoisotopic (exact) mass is 286 g/mol. The molecule has 3 nitrogen and oxygen atoms in total. The Bertz CT molecular complexity index is 645. The molecular weight excluding hydrogens is 267 g/mol. The lowest BCUT2D eigenvalue weighted by molar-refractivity contribution is -0.114. The second-order valence-electron chi connectivity index (χ2n) is 5.19. The number of amides is 1. The number of rotatable bonds is 4. The van der Waals surface area contributed by atoms with Crippen molar-refractivity contribution in [3.05, 3.63) is 58.9 Å². The number of hydrogen-bond donors (Lipinski definition) is 2. The molecule has 0 heterocycles. The lowest BCUT2D eigenvalue weighted by Crippen LogP contribution is -2.22. The van der Waals surface area contributed by atoms with E-state index in [4.69, 9.17) is 0 Å². The quantitative estimate of drug-likeness (QED) is 0.897. The van der Waals surface area contributed by atoms with Crippen LogP contribution in [0.2, 0.25) is 0 Å². The standard InChI is InChI=1S/C17H19FN2O/c1-11-7-12(2)17(13(3)8-11)19-10-16(21)20-15-6-4-5-14(18)9-15/h4-9,19H,10H2,1-3H3,(H,20,21). The van der Waals surface area contributed by atoms with Gasteiger partial charge in [-0.1, -0.05) is 23.8 Å². The first-order valence-corrected chi connectivity index (χ1v) is 6.83. The molecule has 0 aliphatic carbocycles. The van der Waals surface area contributed by atoms with Gasteiger partial charge in [-0.05, 0) is 50.1 Å². The van der Waals surface area contributed by atoms with Crippen LogP contribution in [0.15, 0.2) is 36.4 Å². The highest BCUT2D eigenvalue weighted by molar-refractivity contribution is 5.93. The summed E-state index contributed by atoms with van der Waals surface area (Å²) in [4.78, 5) is 11.9. The van der Waals surface area contributed by atoms with Crippen LogP contribution in [0.1, 0.15) is 16.7 Å². The Labute approximate surface area is 124 Å². The van der Waals surface area contributed by atoms with Gasteiger partial charge in [0.2, 0.25) is 5.91 Å². The van der Waals surface area contributed by atoms with E-state index < -0.39 is 0 Å². The third-order valence-electron chi connectivity index (χ3n) is 3.21. The van der Waals surface area contributed by atoms with Crippen molar-refractivity contribution in [2.24, 2.45) is 0 Å². The third-order valence-corrected chi connectivity index (χ3v) is 3.21. The molecule has 0 aliphatic heterocycles. The van der Waals surface area contributed by atoms with Crippen molar-refractivity contribution in [1.29, 1.82) is 0 Å². The molecule has 110 valence electrons. The van der Waals surface area contributed by atoms with Gasteiger partial charge in [-0.3, -0.25) is 4.79 Å². The zero-order chi connectivity index (χ0) is 15.4. The Morgan fingerprint density at radius 1 is 1.10 bits per heavy atom. The van der Waals surface area contributed by atoms with Crippen LogP contribution in [0, 0.1) is 26.6 Å². The Kier molecular flexibility index (Phi) is 4.58. The topological polar surface area (TPSA) is 41.1 Å². The molecule has 2 rings (SSSR count). The van der Waals surface area contributed by atoms with Gasteiger partial charge in [0.15, 0.2) is 0 Å². The highest BCUT2D eigenvalue weighted by Crippen LogP contribution is 2.21. The number of carbonyl (C=O) groups is 1. The zero-order valence-corrected chi connectivity index (χ0v) is 12.5. The first kappa shape index (κ1) is 15.0. The van der Waals surface area contributed by atoms with Gasteiger partial charge in [0.1, 0.15) is 5.82 Å². The molecule has 2 aromatic rings. The lowest BCUT2D eigenvalue weighted by Gasteiger charge is -2.14. The van der Waals surface area contributed by atoms with E-state index in [-0.39, 0.29) is 18.3 Å².